The highest BCUT2D eigenvalue weighted by atomic mass is 79.9. The standard InChI is InChI=1S/C14H20Br2OS/c1-2-3-4-5-6-7-8-9-12(17)11-10-13(15)18-14(11)16/h10H,2-9H2,1H3. The Labute approximate surface area is 131 Å². The van der Waals surface area contributed by atoms with E-state index in [-0.39, 0.29) is 5.78 Å². The number of rotatable bonds is 9. The summed E-state index contributed by atoms with van der Waals surface area (Å²) in [5.74, 6) is 0.261. The highest BCUT2D eigenvalue weighted by Crippen LogP contribution is 2.32. The molecule has 0 radical (unpaired) electrons. The highest BCUT2D eigenvalue weighted by molar-refractivity contribution is 9.12. The van der Waals surface area contributed by atoms with Gasteiger partial charge in [0, 0.05) is 12.0 Å². The van der Waals surface area contributed by atoms with Crippen molar-refractivity contribution in [2.24, 2.45) is 0 Å². The first-order valence-electron chi connectivity index (χ1n) is 6.63. The first-order valence-corrected chi connectivity index (χ1v) is 9.03. The monoisotopic (exact) mass is 394 g/mol. The molecule has 0 amide bonds. The zero-order valence-corrected chi connectivity index (χ0v) is 14.8. The Hall–Kier alpha value is 0.330. The maximum absolute atomic E-state index is 12.0. The van der Waals surface area contributed by atoms with Crippen LogP contribution in [0.3, 0.4) is 0 Å². The van der Waals surface area contributed by atoms with Crippen LogP contribution in [0.2, 0.25) is 0 Å². The number of halogens is 2. The van der Waals surface area contributed by atoms with Crippen LogP contribution in [0.1, 0.15) is 68.6 Å². The van der Waals surface area contributed by atoms with Crippen molar-refractivity contribution in [3.63, 3.8) is 0 Å². The molecule has 0 saturated carbocycles. The predicted molar refractivity (Wildman–Crippen MR) is 86.7 cm³/mol. The SMILES string of the molecule is CCCCCCCCCC(=O)c1cc(Br)sc1Br. The molecule has 1 aromatic heterocycles. The molecule has 0 bridgehead atoms. The van der Waals surface area contributed by atoms with Crippen LogP contribution in [0.4, 0.5) is 0 Å². The topological polar surface area (TPSA) is 17.1 Å². The Balaban J connectivity index is 2.16. The van der Waals surface area contributed by atoms with E-state index >= 15 is 0 Å². The van der Waals surface area contributed by atoms with Crippen LogP contribution in [0.25, 0.3) is 0 Å². The van der Waals surface area contributed by atoms with Crippen molar-refractivity contribution in [2.75, 3.05) is 0 Å². The molecule has 0 aromatic carbocycles. The second-order valence-corrected chi connectivity index (χ2v) is 8.28. The fraction of sp³-hybridized carbons (Fsp3) is 0.643. The number of ketones is 1. The van der Waals surface area contributed by atoms with Crippen molar-refractivity contribution >= 4 is 49.0 Å². The first kappa shape index (κ1) is 16.4. The fourth-order valence-corrected chi connectivity index (χ4v) is 4.76. The van der Waals surface area contributed by atoms with Crippen molar-refractivity contribution < 1.29 is 4.79 Å². The van der Waals surface area contributed by atoms with Crippen LogP contribution in [-0.4, -0.2) is 5.78 Å². The van der Waals surface area contributed by atoms with E-state index in [0.29, 0.717) is 6.42 Å². The third kappa shape index (κ3) is 5.98. The second kappa shape index (κ2) is 9.27. The molecule has 0 atom stereocenters. The lowest BCUT2D eigenvalue weighted by Gasteiger charge is -2.01. The quantitative estimate of drug-likeness (QED) is 0.340. The van der Waals surface area contributed by atoms with Crippen LogP contribution >= 0.6 is 43.2 Å². The van der Waals surface area contributed by atoms with Crippen molar-refractivity contribution in [3.05, 3.63) is 19.2 Å². The minimum absolute atomic E-state index is 0.261. The highest BCUT2D eigenvalue weighted by Gasteiger charge is 2.12. The molecule has 4 heteroatoms. The van der Waals surface area contributed by atoms with E-state index in [4.69, 9.17) is 0 Å². The summed E-state index contributed by atoms with van der Waals surface area (Å²) in [5, 5.41) is 0. The fourth-order valence-electron chi connectivity index (χ4n) is 1.91. The molecular formula is C14H20Br2OS. The molecule has 0 aliphatic carbocycles. The minimum atomic E-state index is 0.261. The molecule has 1 heterocycles. The Kier molecular flexibility index (Phi) is 8.44. The third-order valence-electron chi connectivity index (χ3n) is 2.96. The van der Waals surface area contributed by atoms with Gasteiger partial charge in [0.05, 0.1) is 7.57 Å². The summed E-state index contributed by atoms with van der Waals surface area (Å²) in [5.41, 5.74) is 0.831. The Morgan fingerprint density at radius 2 is 1.72 bits per heavy atom. The number of unbranched alkanes of at least 4 members (excludes halogenated alkanes) is 6. The zero-order valence-electron chi connectivity index (χ0n) is 10.8. The van der Waals surface area contributed by atoms with Gasteiger partial charge in [-0.1, -0.05) is 45.4 Å². The van der Waals surface area contributed by atoms with E-state index < -0.39 is 0 Å². The molecule has 0 spiro atoms. The minimum Gasteiger partial charge on any atom is -0.294 e. The molecule has 0 aliphatic heterocycles. The summed E-state index contributed by atoms with van der Waals surface area (Å²) in [6.07, 6.45) is 9.43. The van der Waals surface area contributed by atoms with Gasteiger partial charge in [-0.05, 0) is 44.3 Å². The maximum Gasteiger partial charge on any atom is 0.164 e. The van der Waals surface area contributed by atoms with E-state index in [1.807, 2.05) is 6.07 Å². The van der Waals surface area contributed by atoms with Gasteiger partial charge in [0.25, 0.3) is 0 Å². The van der Waals surface area contributed by atoms with Crippen LogP contribution in [0.5, 0.6) is 0 Å². The lowest BCUT2D eigenvalue weighted by atomic mass is 10.0. The second-order valence-electron chi connectivity index (χ2n) is 4.53. The van der Waals surface area contributed by atoms with Crippen LogP contribution in [0.15, 0.2) is 13.6 Å². The van der Waals surface area contributed by atoms with E-state index in [1.54, 1.807) is 11.3 Å². The van der Waals surface area contributed by atoms with E-state index in [0.717, 1.165) is 19.6 Å². The predicted octanol–water partition coefficient (Wildman–Crippen LogP) is 6.60. The van der Waals surface area contributed by atoms with Crippen LogP contribution in [-0.2, 0) is 0 Å². The van der Waals surface area contributed by atoms with Crippen molar-refractivity contribution in [3.8, 4) is 0 Å². The lowest BCUT2D eigenvalue weighted by molar-refractivity contribution is 0.0979. The number of Topliss-reactive ketones (excluding diaryl/α,β-unsaturated/α-hetero) is 1. The van der Waals surface area contributed by atoms with Crippen molar-refractivity contribution in [2.45, 2.75) is 58.3 Å². The van der Waals surface area contributed by atoms with Gasteiger partial charge < -0.3 is 0 Å². The lowest BCUT2D eigenvalue weighted by Crippen LogP contribution is -1.97. The summed E-state index contributed by atoms with van der Waals surface area (Å²) >= 11 is 8.40. The molecule has 1 rings (SSSR count). The van der Waals surface area contributed by atoms with E-state index in [9.17, 15) is 4.79 Å². The average molecular weight is 396 g/mol. The van der Waals surface area contributed by atoms with Gasteiger partial charge >= 0.3 is 0 Å². The molecule has 0 unspecified atom stereocenters. The zero-order chi connectivity index (χ0) is 13.4. The van der Waals surface area contributed by atoms with Gasteiger partial charge in [0.15, 0.2) is 5.78 Å². The van der Waals surface area contributed by atoms with Gasteiger partial charge in [-0.15, -0.1) is 11.3 Å². The van der Waals surface area contributed by atoms with Gasteiger partial charge in [0.1, 0.15) is 0 Å². The largest absolute Gasteiger partial charge is 0.294 e. The molecule has 0 N–H and O–H groups in total. The molecule has 0 fully saturated rings. The number of hydrogen-bond acceptors (Lipinski definition) is 2. The van der Waals surface area contributed by atoms with Crippen LogP contribution < -0.4 is 0 Å². The molecule has 1 nitrogen and oxygen atoms in total. The first-order chi connectivity index (χ1) is 8.65. The van der Waals surface area contributed by atoms with Crippen molar-refractivity contribution in [1.82, 2.24) is 0 Å². The Bertz CT molecular complexity index is 374. The molecule has 0 saturated heterocycles. The van der Waals surface area contributed by atoms with Gasteiger partial charge in [-0.3, -0.25) is 4.79 Å². The molecular weight excluding hydrogens is 376 g/mol. The summed E-state index contributed by atoms with van der Waals surface area (Å²) in [4.78, 5) is 12.0. The number of carbonyl (C=O) groups is 1. The number of hydrogen-bond donors (Lipinski definition) is 0. The van der Waals surface area contributed by atoms with Crippen LogP contribution in [0, 0.1) is 0 Å². The molecule has 0 aliphatic rings. The summed E-state index contributed by atoms with van der Waals surface area (Å²) < 4.78 is 1.96. The van der Waals surface area contributed by atoms with Gasteiger partial charge in [0.2, 0.25) is 0 Å². The normalized spacial score (nSPS) is 10.8. The average Bonchev–Trinajstić information content (AvgIpc) is 2.67. The van der Waals surface area contributed by atoms with Crippen molar-refractivity contribution in [1.29, 1.82) is 0 Å². The van der Waals surface area contributed by atoms with E-state index in [2.05, 4.69) is 38.8 Å². The molecule has 1 aromatic rings. The maximum atomic E-state index is 12.0. The summed E-state index contributed by atoms with van der Waals surface area (Å²) in [7, 11) is 0. The van der Waals surface area contributed by atoms with E-state index in [1.165, 1.54) is 38.5 Å². The Morgan fingerprint density at radius 3 is 2.28 bits per heavy atom. The summed E-state index contributed by atoms with van der Waals surface area (Å²) in [6, 6.07) is 1.92. The Morgan fingerprint density at radius 1 is 1.11 bits per heavy atom. The number of thiophene rings is 1. The van der Waals surface area contributed by atoms with Gasteiger partial charge in [-0.2, -0.15) is 0 Å². The molecule has 102 valence electrons. The number of carbonyl (C=O) groups excluding carboxylic acids is 1. The smallest absolute Gasteiger partial charge is 0.164 e. The summed E-state index contributed by atoms with van der Waals surface area (Å²) in [6.45, 7) is 2.23. The van der Waals surface area contributed by atoms with Gasteiger partial charge in [-0.25, -0.2) is 0 Å². The molecule has 18 heavy (non-hydrogen) atoms. The third-order valence-corrected chi connectivity index (χ3v) is 5.30.